The molecule has 0 aliphatic carbocycles. The van der Waals surface area contributed by atoms with Gasteiger partial charge in [-0.2, -0.15) is 0 Å². The quantitative estimate of drug-likeness (QED) is 0.363. The Morgan fingerprint density at radius 1 is 1.09 bits per heavy atom. The van der Waals surface area contributed by atoms with Crippen molar-refractivity contribution in [1.29, 1.82) is 0 Å². The van der Waals surface area contributed by atoms with Crippen molar-refractivity contribution < 1.29 is 17.9 Å². The van der Waals surface area contributed by atoms with E-state index in [1.54, 1.807) is 17.3 Å². The SMILES string of the molecule is CCOc1ccc2nc(N(Cc3cccnc3)C(=O)c3ccc(S(=O)(=O)N(C)C)cc3)sc2c1. The summed E-state index contributed by atoms with van der Waals surface area (Å²) in [5.74, 6) is 0.453. The van der Waals surface area contributed by atoms with E-state index in [0.717, 1.165) is 25.8 Å². The highest BCUT2D eigenvalue weighted by molar-refractivity contribution is 7.89. The van der Waals surface area contributed by atoms with E-state index in [4.69, 9.17) is 4.74 Å². The fourth-order valence-corrected chi connectivity index (χ4v) is 5.19. The van der Waals surface area contributed by atoms with Gasteiger partial charge in [0.05, 0.1) is 28.3 Å². The lowest BCUT2D eigenvalue weighted by Gasteiger charge is -2.20. The number of rotatable bonds is 8. The third-order valence-corrected chi connectivity index (χ3v) is 7.95. The van der Waals surface area contributed by atoms with Gasteiger partial charge < -0.3 is 4.74 Å². The molecule has 4 rings (SSSR count). The van der Waals surface area contributed by atoms with Crippen LogP contribution in [0.1, 0.15) is 22.8 Å². The molecule has 2 heterocycles. The van der Waals surface area contributed by atoms with Crippen molar-refractivity contribution in [3.63, 3.8) is 0 Å². The first kappa shape index (κ1) is 23.8. The van der Waals surface area contributed by atoms with Gasteiger partial charge >= 0.3 is 0 Å². The number of amides is 1. The van der Waals surface area contributed by atoms with Gasteiger partial charge in [-0.05, 0) is 61.0 Å². The highest BCUT2D eigenvalue weighted by Gasteiger charge is 2.23. The average Bonchev–Trinajstić information content (AvgIpc) is 3.26. The van der Waals surface area contributed by atoms with Crippen molar-refractivity contribution in [2.24, 2.45) is 0 Å². The Bertz CT molecular complexity index is 1400. The number of benzene rings is 2. The van der Waals surface area contributed by atoms with Gasteiger partial charge in [-0.15, -0.1) is 0 Å². The second kappa shape index (κ2) is 9.88. The minimum absolute atomic E-state index is 0.122. The Labute approximate surface area is 202 Å². The number of hydrogen-bond acceptors (Lipinski definition) is 7. The maximum absolute atomic E-state index is 13.6. The first-order valence-electron chi connectivity index (χ1n) is 10.6. The minimum Gasteiger partial charge on any atom is -0.494 e. The fraction of sp³-hybridized carbons (Fsp3) is 0.208. The second-order valence-electron chi connectivity index (χ2n) is 7.62. The van der Waals surface area contributed by atoms with Crippen LogP contribution < -0.4 is 9.64 Å². The van der Waals surface area contributed by atoms with E-state index in [2.05, 4.69) is 9.97 Å². The number of ether oxygens (including phenoxy) is 1. The first-order chi connectivity index (χ1) is 16.3. The van der Waals surface area contributed by atoms with E-state index >= 15 is 0 Å². The van der Waals surface area contributed by atoms with Crippen LogP contribution in [0, 0.1) is 0 Å². The summed E-state index contributed by atoms with van der Waals surface area (Å²) < 4.78 is 32.4. The molecule has 8 nitrogen and oxygen atoms in total. The molecule has 0 saturated carbocycles. The van der Waals surface area contributed by atoms with Gasteiger partial charge in [0.2, 0.25) is 10.0 Å². The number of nitrogens with zero attached hydrogens (tertiary/aromatic N) is 4. The highest BCUT2D eigenvalue weighted by atomic mass is 32.2. The summed E-state index contributed by atoms with van der Waals surface area (Å²) in [5, 5.41) is 0.530. The smallest absolute Gasteiger partial charge is 0.260 e. The Morgan fingerprint density at radius 3 is 2.50 bits per heavy atom. The van der Waals surface area contributed by atoms with Crippen LogP contribution in [0.25, 0.3) is 10.2 Å². The lowest BCUT2D eigenvalue weighted by molar-refractivity contribution is 0.0985. The first-order valence-corrected chi connectivity index (χ1v) is 12.8. The van der Waals surface area contributed by atoms with Crippen LogP contribution in [-0.2, 0) is 16.6 Å². The molecular formula is C24H24N4O4S2. The Hall–Kier alpha value is -3.34. The number of carbonyl (C=O) groups is 1. The zero-order valence-corrected chi connectivity index (χ0v) is 20.6. The van der Waals surface area contributed by atoms with Gasteiger partial charge in [0.25, 0.3) is 5.91 Å². The zero-order chi connectivity index (χ0) is 24.3. The molecule has 0 aliphatic heterocycles. The van der Waals surface area contributed by atoms with Gasteiger partial charge in [-0.25, -0.2) is 17.7 Å². The third-order valence-electron chi connectivity index (χ3n) is 5.08. The standard InChI is InChI=1S/C24H24N4O4S2/c1-4-32-19-9-12-21-22(14-19)33-24(26-21)28(16-17-6-5-13-25-15-17)23(29)18-7-10-20(11-8-18)34(30,31)27(2)3/h5-15H,4,16H2,1-3H3. The molecule has 0 N–H and O–H groups in total. The summed E-state index contributed by atoms with van der Waals surface area (Å²) in [4.78, 5) is 24.1. The number of aromatic nitrogens is 2. The molecule has 0 atom stereocenters. The predicted octanol–water partition coefficient (Wildman–Crippen LogP) is 4.19. The number of carbonyl (C=O) groups excluding carboxylic acids is 1. The van der Waals surface area contributed by atoms with Crippen molar-refractivity contribution in [2.75, 3.05) is 25.6 Å². The summed E-state index contributed by atoms with van der Waals surface area (Å²) in [5.41, 5.74) is 1.97. The lowest BCUT2D eigenvalue weighted by atomic mass is 10.2. The van der Waals surface area contributed by atoms with Crippen molar-refractivity contribution >= 4 is 42.6 Å². The summed E-state index contributed by atoms with van der Waals surface area (Å²) >= 11 is 1.39. The summed E-state index contributed by atoms with van der Waals surface area (Å²) in [6, 6.07) is 15.3. The molecule has 0 spiro atoms. The Kier molecular flexibility index (Phi) is 6.92. The normalized spacial score (nSPS) is 11.6. The van der Waals surface area contributed by atoms with Crippen molar-refractivity contribution in [3.05, 3.63) is 78.1 Å². The molecule has 2 aromatic heterocycles. The maximum Gasteiger partial charge on any atom is 0.260 e. The van der Waals surface area contributed by atoms with Gasteiger partial charge in [0.15, 0.2) is 5.13 Å². The van der Waals surface area contributed by atoms with E-state index in [1.165, 1.54) is 49.7 Å². The second-order valence-corrected chi connectivity index (χ2v) is 10.8. The third kappa shape index (κ3) is 4.93. The summed E-state index contributed by atoms with van der Waals surface area (Å²) in [6.07, 6.45) is 3.38. The number of fused-ring (bicyclic) bond motifs is 1. The number of sulfonamides is 1. The number of hydrogen-bond donors (Lipinski definition) is 0. The molecule has 0 saturated heterocycles. The minimum atomic E-state index is -3.59. The van der Waals surface area contributed by atoms with Crippen LogP contribution in [-0.4, -0.2) is 49.3 Å². The van der Waals surface area contributed by atoms with Crippen molar-refractivity contribution in [1.82, 2.24) is 14.3 Å². The topological polar surface area (TPSA) is 92.7 Å². The lowest BCUT2D eigenvalue weighted by Crippen LogP contribution is -2.30. The highest BCUT2D eigenvalue weighted by Crippen LogP contribution is 2.33. The average molecular weight is 497 g/mol. The monoisotopic (exact) mass is 496 g/mol. The molecule has 0 fully saturated rings. The molecular weight excluding hydrogens is 472 g/mol. The summed E-state index contributed by atoms with van der Waals surface area (Å²) in [6.45, 7) is 2.75. The molecule has 34 heavy (non-hydrogen) atoms. The zero-order valence-electron chi connectivity index (χ0n) is 19.0. The number of thiazole rings is 1. The van der Waals surface area contributed by atoms with Crippen LogP contribution in [0.4, 0.5) is 5.13 Å². The molecule has 2 aromatic carbocycles. The molecule has 4 aromatic rings. The molecule has 0 bridgehead atoms. The van der Waals surface area contributed by atoms with E-state index in [1.807, 2.05) is 37.3 Å². The van der Waals surface area contributed by atoms with E-state index in [-0.39, 0.29) is 17.3 Å². The van der Waals surface area contributed by atoms with E-state index in [9.17, 15) is 13.2 Å². The molecule has 1 amide bonds. The molecule has 0 radical (unpaired) electrons. The van der Waals surface area contributed by atoms with Crippen molar-refractivity contribution in [3.8, 4) is 5.75 Å². The molecule has 0 unspecified atom stereocenters. The van der Waals surface area contributed by atoms with E-state index < -0.39 is 10.0 Å². The van der Waals surface area contributed by atoms with Crippen LogP contribution in [0.15, 0.2) is 71.9 Å². The number of pyridine rings is 1. The van der Waals surface area contributed by atoms with Crippen molar-refractivity contribution in [2.45, 2.75) is 18.4 Å². The van der Waals surface area contributed by atoms with Gasteiger partial charge in [0, 0.05) is 32.1 Å². The van der Waals surface area contributed by atoms with Gasteiger partial charge in [-0.1, -0.05) is 17.4 Å². The van der Waals surface area contributed by atoms with Crippen LogP contribution in [0.2, 0.25) is 0 Å². The molecule has 0 aliphatic rings. The van der Waals surface area contributed by atoms with E-state index in [0.29, 0.717) is 17.3 Å². The van der Waals surface area contributed by atoms with Crippen LogP contribution in [0.5, 0.6) is 5.75 Å². The molecule has 176 valence electrons. The largest absolute Gasteiger partial charge is 0.494 e. The van der Waals surface area contributed by atoms with Crippen LogP contribution >= 0.6 is 11.3 Å². The number of anilines is 1. The molecule has 10 heteroatoms. The van der Waals surface area contributed by atoms with Crippen LogP contribution in [0.3, 0.4) is 0 Å². The maximum atomic E-state index is 13.6. The van der Waals surface area contributed by atoms with Gasteiger partial charge in [-0.3, -0.25) is 14.7 Å². The predicted molar refractivity (Wildman–Crippen MR) is 133 cm³/mol. The Morgan fingerprint density at radius 2 is 1.85 bits per heavy atom. The fourth-order valence-electron chi connectivity index (χ4n) is 3.30. The Balaban J connectivity index is 1.71. The summed E-state index contributed by atoms with van der Waals surface area (Å²) in [7, 11) is -0.656. The van der Waals surface area contributed by atoms with Gasteiger partial charge in [0.1, 0.15) is 5.75 Å².